The molecule has 0 saturated carbocycles. The van der Waals surface area contributed by atoms with Gasteiger partial charge in [-0.05, 0) is 30.2 Å². The van der Waals surface area contributed by atoms with Gasteiger partial charge in [0, 0.05) is 61.8 Å². The SMILES string of the molecule is Cc1c([C@@H]2CN(Cc3cnn(-c4cc(C#N)ccn4)c3)CCN2)ccc2c1COC2=O. The number of cyclic esters (lactones) is 1. The van der Waals surface area contributed by atoms with Crippen LogP contribution in [0, 0.1) is 18.3 Å². The fraction of sp³-hybridized carbons (Fsp3) is 0.304. The van der Waals surface area contributed by atoms with Crippen LogP contribution in [0.1, 0.15) is 44.2 Å². The highest BCUT2D eigenvalue weighted by molar-refractivity contribution is 5.94. The van der Waals surface area contributed by atoms with Crippen LogP contribution in [-0.2, 0) is 17.9 Å². The second-order valence-corrected chi connectivity index (χ2v) is 7.93. The zero-order valence-corrected chi connectivity index (χ0v) is 17.2. The van der Waals surface area contributed by atoms with Gasteiger partial charge in [-0.1, -0.05) is 6.07 Å². The number of nitrogens with one attached hydrogen (secondary N) is 1. The number of piperazine rings is 1. The minimum Gasteiger partial charge on any atom is -0.457 e. The molecular formula is C23H22N6O2. The van der Waals surface area contributed by atoms with Crippen molar-refractivity contribution >= 4 is 5.97 Å². The van der Waals surface area contributed by atoms with Crippen LogP contribution in [-0.4, -0.2) is 45.3 Å². The summed E-state index contributed by atoms with van der Waals surface area (Å²) in [6.45, 7) is 5.91. The Morgan fingerprint density at radius 1 is 1.35 bits per heavy atom. The number of benzene rings is 1. The summed E-state index contributed by atoms with van der Waals surface area (Å²) in [5, 5.41) is 17.1. The third-order valence-corrected chi connectivity index (χ3v) is 5.99. The van der Waals surface area contributed by atoms with Crippen LogP contribution < -0.4 is 5.32 Å². The van der Waals surface area contributed by atoms with Crippen LogP contribution in [0.5, 0.6) is 0 Å². The van der Waals surface area contributed by atoms with E-state index in [2.05, 4.69) is 33.3 Å². The van der Waals surface area contributed by atoms with Gasteiger partial charge in [-0.25, -0.2) is 14.5 Å². The molecule has 5 rings (SSSR count). The standard InChI is InChI=1S/C23H22N6O2/c1-15-18(2-3-19-20(15)14-31-23(19)30)21-13-28(7-6-25-21)11-17-10-27-29(12-17)22-8-16(9-24)4-5-26-22/h2-5,8,10,12,21,25H,6-7,11,13-14H2,1H3/t21-/m0/s1. The van der Waals surface area contributed by atoms with Gasteiger partial charge in [0.1, 0.15) is 6.61 Å². The second kappa shape index (κ2) is 7.95. The molecule has 0 unspecified atom stereocenters. The molecule has 0 aliphatic carbocycles. The fourth-order valence-electron chi connectivity index (χ4n) is 4.35. The molecule has 8 heteroatoms. The Kier molecular flexibility index (Phi) is 4.98. The lowest BCUT2D eigenvalue weighted by Gasteiger charge is -2.34. The van der Waals surface area contributed by atoms with Gasteiger partial charge in [-0.15, -0.1) is 0 Å². The Morgan fingerprint density at radius 3 is 3.13 bits per heavy atom. The average Bonchev–Trinajstić information content (AvgIpc) is 3.42. The minimum absolute atomic E-state index is 0.193. The predicted octanol–water partition coefficient (Wildman–Crippen LogP) is 2.26. The summed E-state index contributed by atoms with van der Waals surface area (Å²) in [4.78, 5) is 18.5. The van der Waals surface area contributed by atoms with E-state index in [-0.39, 0.29) is 12.0 Å². The number of rotatable bonds is 4. The molecule has 1 saturated heterocycles. The van der Waals surface area contributed by atoms with Crippen LogP contribution in [0.15, 0.2) is 42.9 Å². The quantitative estimate of drug-likeness (QED) is 0.654. The van der Waals surface area contributed by atoms with Crippen molar-refractivity contribution in [1.82, 2.24) is 25.0 Å². The third kappa shape index (κ3) is 3.69. The summed E-state index contributed by atoms with van der Waals surface area (Å²) in [6, 6.07) is 9.66. The maximum Gasteiger partial charge on any atom is 0.338 e. The van der Waals surface area contributed by atoms with Gasteiger partial charge >= 0.3 is 5.97 Å². The first-order chi connectivity index (χ1) is 15.1. The van der Waals surface area contributed by atoms with Crippen molar-refractivity contribution in [1.29, 1.82) is 5.26 Å². The molecule has 1 aromatic carbocycles. The van der Waals surface area contributed by atoms with Gasteiger partial charge < -0.3 is 10.1 Å². The van der Waals surface area contributed by atoms with Crippen molar-refractivity contribution in [3.05, 3.63) is 76.2 Å². The summed E-state index contributed by atoms with van der Waals surface area (Å²) < 4.78 is 6.90. The number of nitrogens with zero attached hydrogens (tertiary/aromatic N) is 5. The number of aromatic nitrogens is 3. The summed E-state index contributed by atoms with van der Waals surface area (Å²) in [5.74, 6) is 0.406. The molecule has 8 nitrogen and oxygen atoms in total. The number of esters is 1. The Bertz CT molecular complexity index is 1200. The van der Waals surface area contributed by atoms with Crippen molar-refractivity contribution in [3.63, 3.8) is 0 Å². The lowest BCUT2D eigenvalue weighted by molar-refractivity contribution is 0.0535. The lowest BCUT2D eigenvalue weighted by Crippen LogP contribution is -2.45. The largest absolute Gasteiger partial charge is 0.457 e. The lowest BCUT2D eigenvalue weighted by atomic mass is 9.93. The predicted molar refractivity (Wildman–Crippen MR) is 112 cm³/mol. The fourth-order valence-corrected chi connectivity index (χ4v) is 4.35. The molecule has 2 aromatic heterocycles. The number of hydrogen-bond donors (Lipinski definition) is 1. The molecule has 0 radical (unpaired) electrons. The number of carbonyl (C=O) groups is 1. The van der Waals surface area contributed by atoms with E-state index in [1.807, 2.05) is 24.5 Å². The normalized spacial score (nSPS) is 18.5. The summed E-state index contributed by atoms with van der Waals surface area (Å²) in [5.41, 5.74) is 5.71. The summed E-state index contributed by atoms with van der Waals surface area (Å²) in [7, 11) is 0. The van der Waals surface area contributed by atoms with Gasteiger partial charge in [-0.3, -0.25) is 4.90 Å². The molecule has 4 heterocycles. The molecule has 0 bridgehead atoms. The highest BCUT2D eigenvalue weighted by Gasteiger charge is 2.28. The smallest absolute Gasteiger partial charge is 0.338 e. The van der Waals surface area contributed by atoms with Crippen LogP contribution in [0.4, 0.5) is 0 Å². The number of hydrogen-bond acceptors (Lipinski definition) is 7. The zero-order valence-electron chi connectivity index (χ0n) is 17.2. The maximum atomic E-state index is 11.8. The van der Waals surface area contributed by atoms with E-state index in [0.29, 0.717) is 23.6 Å². The molecule has 1 N–H and O–H groups in total. The second-order valence-electron chi connectivity index (χ2n) is 7.93. The summed E-state index contributed by atoms with van der Waals surface area (Å²) in [6.07, 6.45) is 5.43. The van der Waals surface area contributed by atoms with Gasteiger partial charge in [0.05, 0.1) is 23.4 Å². The number of pyridine rings is 1. The number of fused-ring (bicyclic) bond motifs is 1. The highest BCUT2D eigenvalue weighted by Crippen LogP contribution is 2.30. The van der Waals surface area contributed by atoms with Crippen LogP contribution in [0.3, 0.4) is 0 Å². The topological polar surface area (TPSA) is 96.1 Å². The maximum absolute atomic E-state index is 11.8. The Balaban J connectivity index is 1.30. The Labute approximate surface area is 180 Å². The molecular weight excluding hydrogens is 392 g/mol. The van der Waals surface area contributed by atoms with Crippen molar-refractivity contribution in [2.24, 2.45) is 0 Å². The molecule has 156 valence electrons. The van der Waals surface area contributed by atoms with Gasteiger partial charge in [0.15, 0.2) is 5.82 Å². The van der Waals surface area contributed by atoms with Crippen molar-refractivity contribution in [2.75, 3.05) is 19.6 Å². The van der Waals surface area contributed by atoms with Crippen LogP contribution in [0.25, 0.3) is 5.82 Å². The summed E-state index contributed by atoms with van der Waals surface area (Å²) >= 11 is 0. The Morgan fingerprint density at radius 2 is 2.26 bits per heavy atom. The zero-order chi connectivity index (χ0) is 21.4. The molecule has 0 spiro atoms. The van der Waals surface area contributed by atoms with E-state index in [1.54, 1.807) is 23.0 Å². The molecule has 1 fully saturated rings. The van der Waals surface area contributed by atoms with Crippen molar-refractivity contribution in [2.45, 2.75) is 26.1 Å². The number of carbonyl (C=O) groups excluding carboxylic acids is 1. The molecule has 1 atom stereocenters. The van der Waals surface area contributed by atoms with E-state index < -0.39 is 0 Å². The van der Waals surface area contributed by atoms with Gasteiger partial charge in [0.2, 0.25) is 0 Å². The van der Waals surface area contributed by atoms with Crippen LogP contribution in [0.2, 0.25) is 0 Å². The van der Waals surface area contributed by atoms with E-state index in [0.717, 1.165) is 42.9 Å². The molecule has 3 aromatic rings. The minimum atomic E-state index is -0.227. The van der Waals surface area contributed by atoms with E-state index in [4.69, 9.17) is 10.00 Å². The van der Waals surface area contributed by atoms with E-state index in [9.17, 15) is 4.79 Å². The van der Waals surface area contributed by atoms with E-state index >= 15 is 0 Å². The number of ether oxygens (including phenoxy) is 1. The van der Waals surface area contributed by atoms with Crippen molar-refractivity contribution < 1.29 is 9.53 Å². The van der Waals surface area contributed by atoms with Crippen molar-refractivity contribution in [3.8, 4) is 11.9 Å². The molecule has 2 aliphatic heterocycles. The molecule has 31 heavy (non-hydrogen) atoms. The van der Waals surface area contributed by atoms with Crippen LogP contribution >= 0.6 is 0 Å². The monoisotopic (exact) mass is 414 g/mol. The van der Waals surface area contributed by atoms with E-state index in [1.165, 1.54) is 5.56 Å². The first kappa shape index (κ1) is 19.4. The molecule has 0 amide bonds. The third-order valence-electron chi connectivity index (χ3n) is 5.99. The first-order valence-electron chi connectivity index (χ1n) is 10.3. The number of nitriles is 1. The molecule has 2 aliphatic rings. The average molecular weight is 414 g/mol. The van der Waals surface area contributed by atoms with Gasteiger partial charge in [0.25, 0.3) is 0 Å². The first-order valence-corrected chi connectivity index (χ1v) is 10.3. The van der Waals surface area contributed by atoms with Gasteiger partial charge in [-0.2, -0.15) is 10.4 Å². The highest BCUT2D eigenvalue weighted by atomic mass is 16.5. The Hall–Kier alpha value is -3.54.